The largest absolute Gasteiger partial charge is 0.494 e. The summed E-state index contributed by atoms with van der Waals surface area (Å²) < 4.78 is 12.2. The summed E-state index contributed by atoms with van der Waals surface area (Å²) in [6.45, 7) is 12.4. The van der Waals surface area contributed by atoms with Crippen LogP contribution >= 0.6 is 0 Å². The molecule has 0 atom stereocenters. The van der Waals surface area contributed by atoms with Crippen LogP contribution in [0, 0.1) is 0 Å². The van der Waals surface area contributed by atoms with Gasteiger partial charge in [-0.3, -0.25) is 0 Å². The predicted octanol–water partition coefficient (Wildman–Crippen LogP) is 4.29. The van der Waals surface area contributed by atoms with Gasteiger partial charge in [0.25, 0.3) is 0 Å². The molecular weight excluding hydrogens is 282 g/mol. The molecule has 2 fully saturated rings. The first-order chi connectivity index (χ1) is 10.4. The molecule has 125 valence electrons. The summed E-state index contributed by atoms with van der Waals surface area (Å²) in [6, 6.07) is 8.87. The second kappa shape index (κ2) is 7.90. The molecule has 1 aromatic rings. The van der Waals surface area contributed by atoms with Gasteiger partial charge in [0.15, 0.2) is 0 Å². The van der Waals surface area contributed by atoms with E-state index >= 15 is 0 Å². The monoisotopic (exact) mass is 313 g/mol. The van der Waals surface area contributed by atoms with E-state index < -0.39 is 0 Å². The minimum Gasteiger partial charge on any atom is -0.399 e. The first kappa shape index (κ1) is 20.3. The lowest BCUT2D eigenvalue weighted by molar-refractivity contribution is 0.00578. The Morgan fingerprint density at radius 1 is 0.870 bits per heavy atom. The molecular formula is C19H31B2O2. The van der Waals surface area contributed by atoms with Gasteiger partial charge < -0.3 is 9.31 Å². The molecule has 3 radical (unpaired) electrons. The Morgan fingerprint density at radius 3 is 1.74 bits per heavy atom. The fraction of sp³-hybridized carbons (Fsp3) is 0.684. The minimum absolute atomic E-state index is 0. The van der Waals surface area contributed by atoms with Crippen molar-refractivity contribution in [1.82, 2.24) is 0 Å². The Morgan fingerprint density at radius 2 is 1.30 bits per heavy atom. The van der Waals surface area contributed by atoms with Crippen LogP contribution in [0.15, 0.2) is 24.3 Å². The van der Waals surface area contributed by atoms with Gasteiger partial charge in [-0.05, 0) is 57.5 Å². The van der Waals surface area contributed by atoms with Crippen molar-refractivity contribution in [3.63, 3.8) is 0 Å². The fourth-order valence-electron chi connectivity index (χ4n) is 3.16. The van der Waals surface area contributed by atoms with Gasteiger partial charge in [0.1, 0.15) is 0 Å². The molecule has 4 heteroatoms. The van der Waals surface area contributed by atoms with E-state index in [0.29, 0.717) is 0 Å². The Bertz CT molecular complexity index is 461. The topological polar surface area (TPSA) is 18.5 Å². The van der Waals surface area contributed by atoms with Crippen molar-refractivity contribution in [3.8, 4) is 0 Å². The summed E-state index contributed by atoms with van der Waals surface area (Å²) in [5.41, 5.74) is 2.08. The van der Waals surface area contributed by atoms with E-state index in [0.717, 1.165) is 11.4 Å². The lowest BCUT2D eigenvalue weighted by atomic mass is 9.78. The van der Waals surface area contributed by atoms with Gasteiger partial charge in [0.05, 0.1) is 11.2 Å². The molecule has 0 spiro atoms. The van der Waals surface area contributed by atoms with Gasteiger partial charge in [-0.2, -0.15) is 0 Å². The summed E-state index contributed by atoms with van der Waals surface area (Å²) in [7, 11) is -0.238. The standard InChI is InChI=1S/C17H25BO2.C2H6.B/c1-16(2)17(3,4)20-18(19-16)15-11-9-14(10-12-15)13-7-5-6-8-13;1-2;/h9-13H,5-8H2,1-4H3;1-2H3;. The van der Waals surface area contributed by atoms with E-state index in [9.17, 15) is 0 Å². The van der Waals surface area contributed by atoms with Gasteiger partial charge in [-0.25, -0.2) is 0 Å². The van der Waals surface area contributed by atoms with Gasteiger partial charge in [0, 0.05) is 8.41 Å². The second-order valence-electron chi connectivity index (χ2n) is 7.24. The van der Waals surface area contributed by atoms with Crippen LogP contribution in [0.5, 0.6) is 0 Å². The highest BCUT2D eigenvalue weighted by Gasteiger charge is 2.51. The molecule has 1 aliphatic carbocycles. The molecule has 3 rings (SSSR count). The van der Waals surface area contributed by atoms with Crippen molar-refractivity contribution in [3.05, 3.63) is 29.8 Å². The van der Waals surface area contributed by atoms with Gasteiger partial charge in [-0.1, -0.05) is 51.0 Å². The number of benzene rings is 1. The highest BCUT2D eigenvalue weighted by molar-refractivity contribution is 6.62. The summed E-state index contributed by atoms with van der Waals surface area (Å²) in [4.78, 5) is 0. The van der Waals surface area contributed by atoms with Gasteiger partial charge >= 0.3 is 7.12 Å². The molecule has 0 amide bonds. The van der Waals surface area contributed by atoms with Crippen molar-refractivity contribution in [2.75, 3.05) is 0 Å². The molecule has 2 aliphatic rings. The van der Waals surface area contributed by atoms with Crippen molar-refractivity contribution >= 4 is 21.0 Å². The molecule has 0 N–H and O–H groups in total. The van der Waals surface area contributed by atoms with Crippen LogP contribution < -0.4 is 5.46 Å². The average molecular weight is 313 g/mol. The van der Waals surface area contributed by atoms with E-state index in [2.05, 4.69) is 52.0 Å². The molecule has 1 saturated carbocycles. The zero-order valence-electron chi connectivity index (χ0n) is 15.7. The molecule has 0 unspecified atom stereocenters. The summed E-state index contributed by atoms with van der Waals surface area (Å²) in [5, 5.41) is 0. The van der Waals surface area contributed by atoms with Crippen molar-refractivity contribution in [2.45, 2.75) is 84.3 Å². The number of hydrogen-bond acceptors (Lipinski definition) is 2. The quantitative estimate of drug-likeness (QED) is 0.758. The summed E-state index contributed by atoms with van der Waals surface area (Å²) >= 11 is 0. The molecule has 0 bridgehead atoms. The molecule has 23 heavy (non-hydrogen) atoms. The van der Waals surface area contributed by atoms with Crippen LogP contribution in [-0.2, 0) is 9.31 Å². The average Bonchev–Trinajstić information content (AvgIpc) is 3.08. The van der Waals surface area contributed by atoms with E-state index in [-0.39, 0.29) is 26.7 Å². The fourth-order valence-corrected chi connectivity index (χ4v) is 3.16. The lowest BCUT2D eigenvalue weighted by Crippen LogP contribution is -2.41. The molecule has 2 nitrogen and oxygen atoms in total. The number of hydrogen-bond donors (Lipinski definition) is 0. The predicted molar refractivity (Wildman–Crippen MR) is 100 cm³/mol. The second-order valence-corrected chi connectivity index (χ2v) is 7.24. The van der Waals surface area contributed by atoms with Gasteiger partial charge in [-0.15, -0.1) is 0 Å². The maximum atomic E-state index is 6.09. The van der Waals surface area contributed by atoms with Crippen LogP contribution in [0.1, 0.15) is 78.7 Å². The maximum Gasteiger partial charge on any atom is 0.494 e. The molecule has 1 aliphatic heterocycles. The van der Waals surface area contributed by atoms with Gasteiger partial charge in [0.2, 0.25) is 0 Å². The molecule has 0 aromatic heterocycles. The Kier molecular flexibility index (Phi) is 6.97. The number of rotatable bonds is 2. The van der Waals surface area contributed by atoms with Crippen LogP contribution in [0.25, 0.3) is 0 Å². The zero-order chi connectivity index (χ0) is 16.4. The maximum absolute atomic E-state index is 6.09. The Balaban J connectivity index is 0.000000849. The highest BCUT2D eigenvalue weighted by Crippen LogP contribution is 2.37. The van der Waals surface area contributed by atoms with Crippen LogP contribution in [0.4, 0.5) is 0 Å². The highest BCUT2D eigenvalue weighted by atomic mass is 16.7. The van der Waals surface area contributed by atoms with E-state index in [1.165, 1.54) is 31.2 Å². The van der Waals surface area contributed by atoms with E-state index in [1.54, 1.807) is 0 Å². The first-order valence-corrected chi connectivity index (χ1v) is 8.84. The normalized spacial score (nSPS) is 22.3. The van der Waals surface area contributed by atoms with Crippen molar-refractivity contribution < 1.29 is 9.31 Å². The van der Waals surface area contributed by atoms with E-state index in [1.807, 2.05) is 13.8 Å². The van der Waals surface area contributed by atoms with Crippen molar-refractivity contribution in [1.29, 1.82) is 0 Å². The van der Waals surface area contributed by atoms with E-state index in [4.69, 9.17) is 9.31 Å². The third-order valence-corrected chi connectivity index (χ3v) is 5.29. The third kappa shape index (κ3) is 4.22. The minimum atomic E-state index is -0.262. The lowest BCUT2D eigenvalue weighted by Gasteiger charge is -2.32. The zero-order valence-corrected chi connectivity index (χ0v) is 15.7. The molecule has 1 heterocycles. The molecule has 1 aromatic carbocycles. The van der Waals surface area contributed by atoms with Crippen LogP contribution in [0.2, 0.25) is 0 Å². The third-order valence-electron chi connectivity index (χ3n) is 5.29. The smallest absolute Gasteiger partial charge is 0.399 e. The SMILES string of the molecule is CC.CC1(C)OB(c2ccc(C3CCCC3)cc2)OC1(C)C.[B]. The first-order valence-electron chi connectivity index (χ1n) is 8.84. The van der Waals surface area contributed by atoms with Crippen LogP contribution in [-0.4, -0.2) is 26.7 Å². The Labute approximate surface area is 145 Å². The summed E-state index contributed by atoms with van der Waals surface area (Å²) in [5.74, 6) is 0.766. The Hall–Kier alpha value is -0.730. The van der Waals surface area contributed by atoms with Crippen LogP contribution in [0.3, 0.4) is 0 Å². The summed E-state index contributed by atoms with van der Waals surface area (Å²) in [6.07, 6.45) is 5.44. The van der Waals surface area contributed by atoms with Crippen molar-refractivity contribution in [2.24, 2.45) is 0 Å². The molecule has 1 saturated heterocycles.